The van der Waals surface area contributed by atoms with Crippen molar-refractivity contribution in [2.45, 2.75) is 13.3 Å². The van der Waals surface area contributed by atoms with Gasteiger partial charge in [0.2, 0.25) is 0 Å². The van der Waals surface area contributed by atoms with Crippen LogP contribution in [0.15, 0.2) is 66.7 Å². The second-order valence-corrected chi connectivity index (χ2v) is 6.37. The molecule has 0 heterocycles. The van der Waals surface area contributed by atoms with Crippen molar-refractivity contribution in [2.24, 2.45) is 0 Å². The largest absolute Gasteiger partial charge is 0.511 e. The molecule has 27 heavy (non-hydrogen) atoms. The topological polar surface area (TPSA) is 66.8 Å². The lowest BCUT2D eigenvalue weighted by Gasteiger charge is -2.15. The number of aromatic hydroxyl groups is 1. The molecule has 0 atom stereocenters. The van der Waals surface area contributed by atoms with Gasteiger partial charge in [-0.05, 0) is 46.0 Å². The van der Waals surface area contributed by atoms with Crippen LogP contribution in [0.3, 0.4) is 0 Å². The van der Waals surface area contributed by atoms with Crippen LogP contribution in [-0.4, -0.2) is 16.4 Å². The Morgan fingerprint density at radius 2 is 1.67 bits per heavy atom. The van der Waals surface area contributed by atoms with Crippen molar-refractivity contribution < 1.29 is 19.7 Å². The van der Waals surface area contributed by atoms with Crippen molar-refractivity contribution in [1.82, 2.24) is 0 Å². The molecule has 0 saturated heterocycles. The van der Waals surface area contributed by atoms with Gasteiger partial charge in [-0.15, -0.1) is 0 Å². The third kappa shape index (κ3) is 2.85. The Balaban J connectivity index is 2.12. The van der Waals surface area contributed by atoms with E-state index < -0.39 is 6.16 Å². The van der Waals surface area contributed by atoms with Crippen molar-refractivity contribution in [3.63, 3.8) is 0 Å². The first kappa shape index (κ1) is 16.9. The second-order valence-electron chi connectivity index (χ2n) is 6.37. The molecule has 0 fully saturated rings. The molecule has 4 aromatic carbocycles. The Hall–Kier alpha value is -3.53. The van der Waals surface area contributed by atoms with Gasteiger partial charge in [-0.3, -0.25) is 0 Å². The number of benzene rings is 4. The van der Waals surface area contributed by atoms with Crippen LogP contribution >= 0.6 is 0 Å². The highest BCUT2D eigenvalue weighted by Crippen LogP contribution is 2.45. The fourth-order valence-electron chi connectivity index (χ4n) is 3.61. The SMILES string of the molecule is CCc1cccc2c1c(O)c(OC(=O)O)c1ccc(-c3ccccc3)cc12. The summed E-state index contributed by atoms with van der Waals surface area (Å²) in [6.07, 6.45) is -0.742. The Labute approximate surface area is 156 Å². The number of ether oxygens (including phenoxy) is 1. The molecule has 2 N–H and O–H groups in total. The molecule has 4 rings (SSSR count). The molecule has 0 aliphatic rings. The fourth-order valence-corrected chi connectivity index (χ4v) is 3.61. The third-order valence-electron chi connectivity index (χ3n) is 4.83. The number of hydrogen-bond donors (Lipinski definition) is 2. The molecule has 4 heteroatoms. The van der Waals surface area contributed by atoms with Gasteiger partial charge >= 0.3 is 6.16 Å². The summed E-state index contributed by atoms with van der Waals surface area (Å²) >= 11 is 0. The summed E-state index contributed by atoms with van der Waals surface area (Å²) in [6.45, 7) is 2.00. The molecule has 0 aliphatic carbocycles. The van der Waals surface area contributed by atoms with Crippen LogP contribution in [0.5, 0.6) is 11.5 Å². The van der Waals surface area contributed by atoms with Crippen molar-refractivity contribution in [1.29, 1.82) is 0 Å². The second kappa shape index (κ2) is 6.65. The van der Waals surface area contributed by atoms with Gasteiger partial charge in [-0.25, -0.2) is 4.79 Å². The van der Waals surface area contributed by atoms with E-state index in [4.69, 9.17) is 9.84 Å². The number of fused-ring (bicyclic) bond motifs is 3. The van der Waals surface area contributed by atoms with Crippen LogP contribution in [0.25, 0.3) is 32.7 Å². The molecule has 134 valence electrons. The number of aryl methyl sites for hydroxylation is 1. The average molecular weight is 358 g/mol. The van der Waals surface area contributed by atoms with Crippen LogP contribution in [0, 0.1) is 0 Å². The highest BCUT2D eigenvalue weighted by atomic mass is 16.7. The fraction of sp³-hybridized carbons (Fsp3) is 0.0870. The van der Waals surface area contributed by atoms with E-state index in [-0.39, 0.29) is 11.5 Å². The number of phenols is 1. The maximum atomic E-state index is 11.2. The van der Waals surface area contributed by atoms with E-state index in [1.165, 1.54) is 0 Å². The summed E-state index contributed by atoms with van der Waals surface area (Å²) < 4.78 is 4.98. The van der Waals surface area contributed by atoms with Gasteiger partial charge in [0.25, 0.3) is 0 Å². The molecule has 0 spiro atoms. The van der Waals surface area contributed by atoms with Gasteiger partial charge in [0.1, 0.15) is 0 Å². The normalized spacial score (nSPS) is 11.0. The first-order valence-corrected chi connectivity index (χ1v) is 8.76. The minimum Gasteiger partial charge on any atom is -0.504 e. The molecule has 0 unspecified atom stereocenters. The summed E-state index contributed by atoms with van der Waals surface area (Å²) in [5.74, 6) is -0.157. The van der Waals surface area contributed by atoms with Crippen LogP contribution in [-0.2, 0) is 6.42 Å². The van der Waals surface area contributed by atoms with Gasteiger partial charge < -0.3 is 14.9 Å². The first-order valence-electron chi connectivity index (χ1n) is 8.76. The summed E-state index contributed by atoms with van der Waals surface area (Å²) in [6, 6.07) is 21.5. The van der Waals surface area contributed by atoms with E-state index in [2.05, 4.69) is 0 Å². The smallest absolute Gasteiger partial charge is 0.504 e. The lowest BCUT2D eigenvalue weighted by molar-refractivity contribution is 0.143. The maximum Gasteiger partial charge on any atom is 0.511 e. The number of phenolic OH excluding ortho intramolecular Hbond substituents is 1. The summed E-state index contributed by atoms with van der Waals surface area (Å²) in [4.78, 5) is 11.2. The van der Waals surface area contributed by atoms with Crippen molar-refractivity contribution >= 4 is 27.7 Å². The Bertz CT molecular complexity index is 1160. The van der Waals surface area contributed by atoms with E-state index in [0.29, 0.717) is 17.2 Å². The van der Waals surface area contributed by atoms with Crippen LogP contribution in [0.4, 0.5) is 4.79 Å². The lowest BCUT2D eigenvalue weighted by atomic mass is 9.93. The Kier molecular flexibility index (Phi) is 4.16. The van der Waals surface area contributed by atoms with Crippen LogP contribution < -0.4 is 4.74 Å². The Morgan fingerprint density at radius 1 is 0.889 bits per heavy atom. The summed E-state index contributed by atoms with van der Waals surface area (Å²) in [5.41, 5.74) is 3.01. The van der Waals surface area contributed by atoms with Crippen molar-refractivity contribution in [2.75, 3.05) is 0 Å². The van der Waals surface area contributed by atoms with E-state index in [1.807, 2.05) is 67.6 Å². The zero-order valence-corrected chi connectivity index (χ0v) is 14.8. The van der Waals surface area contributed by atoms with Crippen molar-refractivity contribution in [3.05, 3.63) is 72.3 Å². The molecule has 0 aliphatic heterocycles. The zero-order valence-electron chi connectivity index (χ0n) is 14.8. The molecule has 4 nitrogen and oxygen atoms in total. The number of carbonyl (C=O) groups is 1. The zero-order chi connectivity index (χ0) is 19.0. The standard InChI is InChI=1S/C23H18O4/c1-2-14-9-6-10-17-19-13-16(15-7-4-3-5-8-15)11-12-18(19)22(27-23(25)26)21(24)20(14)17/h3-13,24H,2H2,1H3,(H,25,26). The minimum atomic E-state index is -1.45. The number of carboxylic acid groups (broad SMARTS) is 1. The van der Waals surface area contributed by atoms with E-state index in [1.54, 1.807) is 6.07 Å². The van der Waals surface area contributed by atoms with Crippen LogP contribution in [0.2, 0.25) is 0 Å². The minimum absolute atomic E-state index is 0.0227. The predicted octanol–water partition coefficient (Wildman–Crippen LogP) is 5.98. The monoisotopic (exact) mass is 358 g/mol. The van der Waals surface area contributed by atoms with Crippen molar-refractivity contribution in [3.8, 4) is 22.6 Å². The number of rotatable bonds is 3. The van der Waals surface area contributed by atoms with Gasteiger partial charge in [0.05, 0.1) is 0 Å². The maximum absolute atomic E-state index is 11.2. The molecular weight excluding hydrogens is 340 g/mol. The number of hydrogen-bond acceptors (Lipinski definition) is 3. The van der Waals surface area contributed by atoms with E-state index >= 15 is 0 Å². The Morgan fingerprint density at radius 3 is 2.37 bits per heavy atom. The molecule has 0 bridgehead atoms. The third-order valence-corrected chi connectivity index (χ3v) is 4.83. The molecular formula is C23H18O4. The molecule has 0 aromatic heterocycles. The molecule has 0 amide bonds. The highest BCUT2D eigenvalue weighted by Gasteiger charge is 2.19. The average Bonchev–Trinajstić information content (AvgIpc) is 2.70. The summed E-state index contributed by atoms with van der Waals surface area (Å²) in [7, 11) is 0. The van der Waals surface area contributed by atoms with Gasteiger partial charge in [-0.2, -0.15) is 0 Å². The molecule has 0 radical (unpaired) electrons. The van der Waals surface area contributed by atoms with Gasteiger partial charge in [-0.1, -0.05) is 61.5 Å². The lowest BCUT2D eigenvalue weighted by Crippen LogP contribution is -2.04. The highest BCUT2D eigenvalue weighted by molar-refractivity contribution is 6.15. The van der Waals surface area contributed by atoms with E-state index in [0.717, 1.165) is 27.5 Å². The van der Waals surface area contributed by atoms with Gasteiger partial charge in [0, 0.05) is 10.8 Å². The van der Waals surface area contributed by atoms with Crippen LogP contribution in [0.1, 0.15) is 12.5 Å². The predicted molar refractivity (Wildman–Crippen MR) is 107 cm³/mol. The quantitative estimate of drug-likeness (QED) is 0.268. The molecule has 4 aromatic rings. The molecule has 0 saturated carbocycles. The summed E-state index contributed by atoms with van der Waals surface area (Å²) in [5, 5.41) is 22.9. The van der Waals surface area contributed by atoms with E-state index in [9.17, 15) is 9.90 Å². The van der Waals surface area contributed by atoms with Gasteiger partial charge in [0.15, 0.2) is 11.5 Å². The first-order chi connectivity index (χ1) is 13.1.